The van der Waals surface area contributed by atoms with E-state index in [1.165, 1.54) is 0 Å². The summed E-state index contributed by atoms with van der Waals surface area (Å²) in [6.07, 6.45) is 0. The Labute approximate surface area is 230 Å². The first kappa shape index (κ1) is 27.4. The highest BCUT2D eigenvalue weighted by Gasteiger charge is 2.20. The number of benzene rings is 4. The van der Waals surface area contributed by atoms with E-state index in [-0.39, 0.29) is 19.9 Å². The number of nitrogens with zero attached hydrogens (tertiary/aromatic N) is 1. The Balaban J connectivity index is 0.00000353. The number of carbonyl (C=O) groups is 1. The summed E-state index contributed by atoms with van der Waals surface area (Å²) >= 11 is 0. The Morgan fingerprint density at radius 2 is 1.36 bits per heavy atom. The predicted molar refractivity (Wildman–Crippen MR) is 159 cm³/mol. The van der Waals surface area contributed by atoms with E-state index in [9.17, 15) is 4.79 Å². The molecule has 0 bridgehead atoms. The quantitative estimate of drug-likeness (QED) is 0.218. The van der Waals surface area contributed by atoms with Gasteiger partial charge < -0.3 is 14.5 Å². The third-order valence-electron chi connectivity index (χ3n) is 5.90. The third kappa shape index (κ3) is 6.63. The fraction of sp³-hybridized carbons (Fsp3) is 0.176. The van der Waals surface area contributed by atoms with Crippen LogP contribution in [0.5, 0.6) is 0 Å². The van der Waals surface area contributed by atoms with Gasteiger partial charge in [0, 0.05) is 22.4 Å². The van der Waals surface area contributed by atoms with Crippen LogP contribution in [0.3, 0.4) is 0 Å². The van der Waals surface area contributed by atoms with Gasteiger partial charge >= 0.3 is 5.97 Å². The molecule has 0 saturated heterocycles. The lowest BCUT2D eigenvalue weighted by molar-refractivity contribution is -0.152. The number of hydrogen-bond donors (Lipinski definition) is 1. The van der Waals surface area contributed by atoms with Gasteiger partial charge in [-0.15, -0.1) is 0 Å². The zero-order chi connectivity index (χ0) is 26.5. The number of oxazole rings is 1. The van der Waals surface area contributed by atoms with Crippen LogP contribution in [0.15, 0.2) is 114 Å². The minimum atomic E-state index is -0.521. The summed E-state index contributed by atoms with van der Waals surface area (Å²) in [5, 5.41) is 3.18. The normalized spacial score (nSPS) is 10.9. The first-order valence-electron chi connectivity index (χ1n) is 12.6. The second-order valence-corrected chi connectivity index (χ2v) is 10.00. The second-order valence-electron chi connectivity index (χ2n) is 10.00. The van der Waals surface area contributed by atoms with E-state index in [0.717, 1.165) is 45.0 Å². The van der Waals surface area contributed by atoms with Gasteiger partial charge in [-0.1, -0.05) is 98.4 Å². The topological polar surface area (TPSA) is 64.4 Å². The van der Waals surface area contributed by atoms with Crippen LogP contribution < -0.4 is 5.32 Å². The predicted octanol–water partition coefficient (Wildman–Crippen LogP) is 8.73. The van der Waals surface area contributed by atoms with Gasteiger partial charge in [0.15, 0.2) is 5.76 Å². The van der Waals surface area contributed by atoms with Gasteiger partial charge in [-0.3, -0.25) is 4.79 Å². The smallest absolute Gasteiger partial charge is 0.325 e. The summed E-state index contributed by atoms with van der Waals surface area (Å²) in [7, 11) is 0. The van der Waals surface area contributed by atoms with Crippen molar-refractivity contribution in [2.45, 2.75) is 33.8 Å². The number of nitrogens with one attached hydrogen (secondary N) is 1. The number of carbonyl (C=O) groups excluding carboxylic acids is 1. The average Bonchev–Trinajstić information content (AvgIpc) is 3.38. The van der Waals surface area contributed by atoms with Gasteiger partial charge in [-0.2, -0.15) is 0 Å². The molecule has 0 radical (unpaired) electrons. The molecule has 0 aliphatic carbocycles. The molecule has 0 aliphatic rings. The molecule has 0 amide bonds. The van der Waals surface area contributed by atoms with E-state index >= 15 is 0 Å². The minimum Gasteiger partial charge on any atom is -0.459 e. The van der Waals surface area contributed by atoms with Crippen LogP contribution in [-0.4, -0.2) is 23.1 Å². The maximum absolute atomic E-state index is 12.2. The molecule has 1 N–H and O–H groups in total. The van der Waals surface area contributed by atoms with E-state index in [1.54, 1.807) is 0 Å². The SMILES string of the molecule is C.CC(C)(C)OC(=O)CNc1cccc(-c2ccccc2-c2nc(-c3ccccc3)c(-c3ccccc3)o2)c1. The number of hydrogen-bond acceptors (Lipinski definition) is 5. The molecule has 1 heterocycles. The Kier molecular flexibility index (Phi) is 8.30. The molecule has 4 aromatic carbocycles. The highest BCUT2D eigenvalue weighted by molar-refractivity contribution is 5.85. The van der Waals surface area contributed by atoms with Gasteiger partial charge in [-0.25, -0.2) is 4.98 Å². The van der Waals surface area contributed by atoms with Crippen molar-refractivity contribution in [3.05, 3.63) is 109 Å². The van der Waals surface area contributed by atoms with E-state index in [2.05, 4.69) is 11.4 Å². The lowest BCUT2D eigenvalue weighted by Gasteiger charge is -2.19. The van der Waals surface area contributed by atoms with Crippen LogP contribution in [0.2, 0.25) is 0 Å². The molecule has 5 nitrogen and oxygen atoms in total. The molecule has 0 atom stereocenters. The van der Waals surface area contributed by atoms with Gasteiger partial charge in [0.1, 0.15) is 17.8 Å². The molecule has 1 aromatic heterocycles. The molecule has 0 unspecified atom stereocenters. The molecule has 0 spiro atoms. The number of ether oxygens (including phenoxy) is 1. The van der Waals surface area contributed by atoms with Crippen LogP contribution in [0.25, 0.3) is 45.2 Å². The lowest BCUT2D eigenvalue weighted by Crippen LogP contribution is -2.28. The van der Waals surface area contributed by atoms with Crippen molar-refractivity contribution in [3.63, 3.8) is 0 Å². The highest BCUT2D eigenvalue weighted by Crippen LogP contribution is 2.39. The summed E-state index contributed by atoms with van der Waals surface area (Å²) in [6.45, 7) is 5.66. The van der Waals surface area contributed by atoms with Crippen LogP contribution in [0, 0.1) is 0 Å². The minimum absolute atomic E-state index is 0. The van der Waals surface area contributed by atoms with Crippen molar-refractivity contribution in [3.8, 4) is 45.2 Å². The Morgan fingerprint density at radius 3 is 2.03 bits per heavy atom. The van der Waals surface area contributed by atoms with Crippen molar-refractivity contribution < 1.29 is 13.9 Å². The summed E-state index contributed by atoms with van der Waals surface area (Å²) in [5.41, 5.74) is 5.91. The first-order valence-corrected chi connectivity index (χ1v) is 12.6. The number of esters is 1. The molecule has 5 rings (SSSR count). The van der Waals surface area contributed by atoms with Gasteiger partial charge in [0.05, 0.1) is 0 Å². The Morgan fingerprint density at radius 1 is 0.769 bits per heavy atom. The summed E-state index contributed by atoms with van der Waals surface area (Å²) in [6, 6.07) is 36.1. The maximum atomic E-state index is 12.2. The van der Waals surface area contributed by atoms with E-state index in [1.807, 2.05) is 124 Å². The molecule has 5 aromatic rings. The van der Waals surface area contributed by atoms with Crippen LogP contribution in [0.1, 0.15) is 28.2 Å². The largest absolute Gasteiger partial charge is 0.459 e. The summed E-state index contributed by atoms with van der Waals surface area (Å²) < 4.78 is 11.9. The summed E-state index contributed by atoms with van der Waals surface area (Å²) in [5.74, 6) is 0.977. The van der Waals surface area contributed by atoms with Crippen LogP contribution in [-0.2, 0) is 9.53 Å². The molecule has 198 valence electrons. The van der Waals surface area contributed by atoms with Gasteiger partial charge in [0.25, 0.3) is 0 Å². The van der Waals surface area contributed by atoms with E-state index in [0.29, 0.717) is 5.89 Å². The fourth-order valence-corrected chi connectivity index (χ4v) is 4.28. The molecule has 39 heavy (non-hydrogen) atoms. The Hall–Kier alpha value is -4.64. The molecule has 5 heteroatoms. The molecular weight excluding hydrogens is 484 g/mol. The van der Waals surface area contributed by atoms with Crippen LogP contribution in [0.4, 0.5) is 5.69 Å². The van der Waals surface area contributed by atoms with Gasteiger partial charge in [-0.05, 0) is 50.1 Å². The maximum Gasteiger partial charge on any atom is 0.325 e. The number of anilines is 1. The first-order chi connectivity index (χ1) is 18.4. The highest BCUT2D eigenvalue weighted by atomic mass is 16.6. The third-order valence-corrected chi connectivity index (χ3v) is 5.90. The molecule has 0 fully saturated rings. The second kappa shape index (κ2) is 11.8. The average molecular weight is 519 g/mol. The zero-order valence-corrected chi connectivity index (χ0v) is 21.8. The zero-order valence-electron chi connectivity index (χ0n) is 21.8. The summed E-state index contributed by atoms with van der Waals surface area (Å²) in [4.78, 5) is 17.2. The van der Waals surface area contributed by atoms with Crippen molar-refractivity contribution in [1.82, 2.24) is 4.98 Å². The van der Waals surface area contributed by atoms with Crippen molar-refractivity contribution in [1.29, 1.82) is 0 Å². The van der Waals surface area contributed by atoms with E-state index < -0.39 is 5.60 Å². The van der Waals surface area contributed by atoms with E-state index in [4.69, 9.17) is 14.1 Å². The fourth-order valence-electron chi connectivity index (χ4n) is 4.28. The van der Waals surface area contributed by atoms with Crippen molar-refractivity contribution in [2.24, 2.45) is 0 Å². The van der Waals surface area contributed by atoms with Crippen molar-refractivity contribution >= 4 is 11.7 Å². The molecule has 0 aliphatic heterocycles. The Bertz CT molecular complexity index is 1480. The number of aromatic nitrogens is 1. The molecule has 0 saturated carbocycles. The molecular formula is C34H34N2O3. The van der Waals surface area contributed by atoms with Crippen LogP contribution >= 0.6 is 0 Å². The standard InChI is InChI=1S/C33H30N2O3.CH4/c1-33(2,3)38-29(36)22-34-26-18-12-17-25(21-26)27-19-10-11-20-28(27)32-35-30(23-13-6-4-7-14-23)31(37-32)24-15-8-5-9-16-24;/h4-21,34H,22H2,1-3H3;1H4. The monoisotopic (exact) mass is 518 g/mol. The van der Waals surface area contributed by atoms with Gasteiger partial charge in [0.2, 0.25) is 5.89 Å². The number of rotatable bonds is 7. The van der Waals surface area contributed by atoms with Crippen molar-refractivity contribution in [2.75, 3.05) is 11.9 Å². The lowest BCUT2D eigenvalue weighted by atomic mass is 9.99.